The Morgan fingerprint density at radius 3 is 2.33 bits per heavy atom. The summed E-state index contributed by atoms with van der Waals surface area (Å²) in [5.74, 6) is -1.12. The fourth-order valence-electron chi connectivity index (χ4n) is 4.47. The van der Waals surface area contributed by atoms with E-state index in [2.05, 4.69) is 10.6 Å². The molecule has 8 nitrogen and oxygen atoms in total. The molecule has 0 saturated heterocycles. The molecule has 40 heavy (non-hydrogen) atoms. The summed E-state index contributed by atoms with van der Waals surface area (Å²) in [5, 5.41) is 6.11. The number of nitrogens with one attached hydrogen (secondary N) is 2. The summed E-state index contributed by atoms with van der Waals surface area (Å²) >= 11 is 0. The van der Waals surface area contributed by atoms with Gasteiger partial charge in [-0.25, -0.2) is 4.39 Å². The van der Waals surface area contributed by atoms with Crippen LogP contribution in [0.2, 0.25) is 0 Å². The molecule has 2 amide bonds. The van der Waals surface area contributed by atoms with Gasteiger partial charge in [-0.2, -0.15) is 0 Å². The predicted octanol–water partition coefficient (Wildman–Crippen LogP) is 4.78. The second kappa shape index (κ2) is 12.6. The van der Waals surface area contributed by atoms with Crippen molar-refractivity contribution in [3.63, 3.8) is 0 Å². The van der Waals surface area contributed by atoms with E-state index in [-0.39, 0.29) is 24.2 Å². The summed E-state index contributed by atoms with van der Waals surface area (Å²) < 4.78 is 18.6. The number of ether oxygens (including phenoxy) is 1. The van der Waals surface area contributed by atoms with E-state index < -0.39 is 5.82 Å². The standard InChI is InChI=1S/C31H33FN4O4/c1-35(2)17-5-6-27(37)36(3)24-14-12-23(13-15-24)33-30(21-9-7-20(8-10-21)18-28(38)40-4)29-25-16-11-22(32)19-26(25)34-31(29)39/h7-16,19,33H,5-6,17-18H2,1-4H3,(H,34,39). The highest BCUT2D eigenvalue weighted by Crippen LogP contribution is 2.38. The molecule has 2 N–H and O–H groups in total. The summed E-state index contributed by atoms with van der Waals surface area (Å²) in [7, 11) is 7.05. The third-order valence-electron chi connectivity index (χ3n) is 6.69. The van der Waals surface area contributed by atoms with Crippen LogP contribution in [0.1, 0.15) is 29.5 Å². The number of anilines is 3. The van der Waals surface area contributed by atoms with E-state index in [1.807, 2.05) is 55.4 Å². The zero-order valence-electron chi connectivity index (χ0n) is 23.1. The lowest BCUT2D eigenvalue weighted by molar-refractivity contribution is -0.139. The minimum absolute atomic E-state index is 0.0314. The van der Waals surface area contributed by atoms with Gasteiger partial charge in [0.25, 0.3) is 5.91 Å². The Kier molecular flexibility index (Phi) is 8.96. The first-order chi connectivity index (χ1) is 19.2. The number of hydrogen-bond donors (Lipinski definition) is 2. The number of esters is 1. The molecule has 1 heterocycles. The number of amides is 2. The second-order valence-corrected chi connectivity index (χ2v) is 9.88. The zero-order valence-corrected chi connectivity index (χ0v) is 23.1. The van der Waals surface area contributed by atoms with Crippen LogP contribution in [0, 0.1) is 5.82 Å². The summed E-state index contributed by atoms with van der Waals surface area (Å²) in [6, 6.07) is 18.8. The number of hydrogen-bond acceptors (Lipinski definition) is 6. The molecule has 0 unspecified atom stereocenters. The predicted molar refractivity (Wildman–Crippen MR) is 155 cm³/mol. The van der Waals surface area contributed by atoms with Crippen molar-refractivity contribution in [1.29, 1.82) is 0 Å². The Bertz CT molecular complexity index is 1430. The maximum atomic E-state index is 13.9. The Hall–Kier alpha value is -4.50. The van der Waals surface area contributed by atoms with Gasteiger partial charge in [0.15, 0.2) is 0 Å². The molecule has 0 saturated carbocycles. The fraction of sp³-hybridized carbons (Fsp3) is 0.258. The van der Waals surface area contributed by atoms with E-state index >= 15 is 0 Å². The topological polar surface area (TPSA) is 91.0 Å². The lowest BCUT2D eigenvalue weighted by Gasteiger charge is -2.19. The molecule has 3 aromatic rings. The number of methoxy groups -OCH3 is 1. The number of fused-ring (bicyclic) bond motifs is 1. The quantitative estimate of drug-likeness (QED) is 0.282. The Labute approximate surface area is 233 Å². The Morgan fingerprint density at radius 1 is 0.975 bits per heavy atom. The first-order valence-electron chi connectivity index (χ1n) is 13.0. The number of rotatable bonds is 10. The monoisotopic (exact) mass is 544 g/mol. The maximum absolute atomic E-state index is 13.9. The first kappa shape index (κ1) is 28.5. The van der Waals surface area contributed by atoms with Gasteiger partial charge in [-0.3, -0.25) is 14.4 Å². The number of halogens is 1. The van der Waals surface area contributed by atoms with Gasteiger partial charge in [-0.1, -0.05) is 24.3 Å². The minimum Gasteiger partial charge on any atom is -0.469 e. The molecule has 0 bridgehead atoms. The SMILES string of the molecule is COC(=O)Cc1ccc(C(Nc2ccc(N(C)C(=O)CCCN(C)C)cc2)=C2C(=O)Nc3cc(F)ccc32)cc1. The van der Waals surface area contributed by atoms with Crippen molar-refractivity contribution in [2.75, 3.05) is 50.3 Å². The molecule has 0 aromatic heterocycles. The fourth-order valence-corrected chi connectivity index (χ4v) is 4.47. The van der Waals surface area contributed by atoms with Gasteiger partial charge in [-0.05, 0) is 80.7 Å². The Balaban J connectivity index is 1.64. The summed E-state index contributed by atoms with van der Waals surface area (Å²) in [6.45, 7) is 0.840. The molecule has 0 spiro atoms. The van der Waals surface area contributed by atoms with Crippen LogP contribution in [0.5, 0.6) is 0 Å². The van der Waals surface area contributed by atoms with Crippen molar-refractivity contribution < 1.29 is 23.5 Å². The third-order valence-corrected chi connectivity index (χ3v) is 6.69. The average Bonchev–Trinajstić information content (AvgIpc) is 3.26. The van der Waals surface area contributed by atoms with Crippen LogP contribution < -0.4 is 15.5 Å². The van der Waals surface area contributed by atoms with Crippen LogP contribution in [0.25, 0.3) is 11.3 Å². The van der Waals surface area contributed by atoms with Gasteiger partial charge in [0, 0.05) is 30.4 Å². The largest absolute Gasteiger partial charge is 0.469 e. The number of carbonyl (C=O) groups excluding carboxylic acids is 3. The molecule has 1 aliphatic rings. The van der Waals surface area contributed by atoms with Crippen LogP contribution in [0.15, 0.2) is 66.7 Å². The highest BCUT2D eigenvalue weighted by molar-refractivity contribution is 6.37. The van der Waals surface area contributed by atoms with Gasteiger partial charge in [-0.15, -0.1) is 0 Å². The summed E-state index contributed by atoms with van der Waals surface area (Å²) in [4.78, 5) is 41.1. The van der Waals surface area contributed by atoms with Crippen molar-refractivity contribution >= 4 is 46.1 Å². The summed E-state index contributed by atoms with van der Waals surface area (Å²) in [6.07, 6.45) is 1.35. The van der Waals surface area contributed by atoms with Crippen LogP contribution in [-0.4, -0.2) is 57.5 Å². The van der Waals surface area contributed by atoms with Crippen molar-refractivity contribution in [3.05, 3.63) is 89.2 Å². The Morgan fingerprint density at radius 2 is 1.68 bits per heavy atom. The van der Waals surface area contributed by atoms with E-state index in [1.165, 1.54) is 19.2 Å². The van der Waals surface area contributed by atoms with E-state index in [4.69, 9.17) is 4.74 Å². The summed E-state index contributed by atoms with van der Waals surface area (Å²) in [5.41, 5.74) is 4.77. The average molecular weight is 545 g/mol. The highest BCUT2D eigenvalue weighted by atomic mass is 19.1. The lowest BCUT2D eigenvalue weighted by atomic mass is 9.98. The van der Waals surface area contributed by atoms with Gasteiger partial charge in [0.1, 0.15) is 5.82 Å². The lowest BCUT2D eigenvalue weighted by Crippen LogP contribution is -2.27. The normalized spacial score (nSPS) is 13.5. The minimum atomic E-state index is -0.446. The number of carbonyl (C=O) groups is 3. The van der Waals surface area contributed by atoms with E-state index in [0.717, 1.165) is 24.2 Å². The molecule has 0 aliphatic carbocycles. The number of benzene rings is 3. The molecule has 208 valence electrons. The van der Waals surface area contributed by atoms with Crippen LogP contribution in [0.3, 0.4) is 0 Å². The smallest absolute Gasteiger partial charge is 0.309 e. The molecular formula is C31H33FN4O4. The van der Waals surface area contributed by atoms with Gasteiger partial charge in [0.05, 0.1) is 30.5 Å². The molecule has 0 fully saturated rings. The van der Waals surface area contributed by atoms with Crippen LogP contribution >= 0.6 is 0 Å². The van der Waals surface area contributed by atoms with E-state index in [0.29, 0.717) is 40.2 Å². The third kappa shape index (κ3) is 6.73. The van der Waals surface area contributed by atoms with Gasteiger partial charge < -0.3 is 25.2 Å². The van der Waals surface area contributed by atoms with Gasteiger partial charge in [0.2, 0.25) is 5.91 Å². The van der Waals surface area contributed by atoms with E-state index in [1.54, 1.807) is 30.1 Å². The van der Waals surface area contributed by atoms with Crippen molar-refractivity contribution in [2.45, 2.75) is 19.3 Å². The van der Waals surface area contributed by atoms with Crippen LogP contribution in [0.4, 0.5) is 21.5 Å². The molecule has 4 rings (SSSR count). The van der Waals surface area contributed by atoms with Crippen LogP contribution in [-0.2, 0) is 25.5 Å². The van der Waals surface area contributed by atoms with E-state index in [9.17, 15) is 18.8 Å². The molecule has 9 heteroatoms. The maximum Gasteiger partial charge on any atom is 0.309 e. The second-order valence-electron chi connectivity index (χ2n) is 9.88. The molecular weight excluding hydrogens is 511 g/mol. The first-order valence-corrected chi connectivity index (χ1v) is 13.0. The molecule has 0 radical (unpaired) electrons. The van der Waals surface area contributed by atoms with Crippen molar-refractivity contribution in [1.82, 2.24) is 4.90 Å². The van der Waals surface area contributed by atoms with Crippen molar-refractivity contribution in [2.24, 2.45) is 0 Å². The highest BCUT2D eigenvalue weighted by Gasteiger charge is 2.29. The number of nitrogens with zero attached hydrogens (tertiary/aromatic N) is 2. The molecule has 3 aromatic carbocycles. The van der Waals surface area contributed by atoms with Crippen molar-refractivity contribution in [3.8, 4) is 0 Å². The molecule has 0 atom stereocenters. The molecule has 1 aliphatic heterocycles. The zero-order chi connectivity index (χ0) is 28.8. The van der Waals surface area contributed by atoms with Gasteiger partial charge >= 0.3 is 5.97 Å².